The number of sulfonamides is 1. The molecule has 0 saturated heterocycles. The average Bonchev–Trinajstić information content (AvgIpc) is 2.77. The van der Waals surface area contributed by atoms with Crippen molar-refractivity contribution in [1.29, 1.82) is 0 Å². The summed E-state index contributed by atoms with van der Waals surface area (Å²) in [6, 6.07) is 11.4. The van der Waals surface area contributed by atoms with Crippen LogP contribution in [0.15, 0.2) is 47.4 Å². The van der Waals surface area contributed by atoms with Gasteiger partial charge in [0.1, 0.15) is 13.2 Å². The van der Waals surface area contributed by atoms with Gasteiger partial charge in [-0.1, -0.05) is 17.7 Å². The molecule has 3 rings (SSSR count). The number of nitrogens with zero attached hydrogens (tertiary/aromatic N) is 1. The van der Waals surface area contributed by atoms with Crippen LogP contribution in [0.1, 0.15) is 15.9 Å². The van der Waals surface area contributed by atoms with Crippen molar-refractivity contribution in [3.8, 4) is 11.5 Å². The molecule has 0 radical (unpaired) electrons. The van der Waals surface area contributed by atoms with Crippen LogP contribution in [-0.4, -0.2) is 52.1 Å². The van der Waals surface area contributed by atoms with Crippen LogP contribution in [0.25, 0.3) is 0 Å². The molecule has 0 saturated carbocycles. The Morgan fingerprint density at radius 1 is 1.00 bits per heavy atom. The van der Waals surface area contributed by atoms with E-state index in [4.69, 9.17) is 14.2 Å². The van der Waals surface area contributed by atoms with Crippen molar-refractivity contribution in [3.05, 3.63) is 53.6 Å². The van der Waals surface area contributed by atoms with Gasteiger partial charge in [-0.25, -0.2) is 13.2 Å². The van der Waals surface area contributed by atoms with Crippen molar-refractivity contribution in [1.82, 2.24) is 4.31 Å². The maximum Gasteiger partial charge on any atom is 0.337 e. The minimum Gasteiger partial charge on any atom is -0.488 e. The van der Waals surface area contributed by atoms with Gasteiger partial charge in [-0.05, 0) is 37.3 Å². The number of esters is 1. The largest absolute Gasteiger partial charge is 0.488 e. The van der Waals surface area contributed by atoms with E-state index in [1.165, 1.54) is 17.5 Å². The number of aryl methyl sites for hydroxylation is 1. The van der Waals surface area contributed by atoms with Crippen LogP contribution in [0.5, 0.6) is 11.5 Å². The maximum atomic E-state index is 12.9. The molecule has 7 nitrogen and oxygen atoms in total. The van der Waals surface area contributed by atoms with E-state index in [0.29, 0.717) is 17.1 Å². The third kappa shape index (κ3) is 4.23. The molecule has 27 heavy (non-hydrogen) atoms. The van der Waals surface area contributed by atoms with Crippen LogP contribution in [0.4, 0.5) is 0 Å². The van der Waals surface area contributed by atoms with Gasteiger partial charge in [-0.2, -0.15) is 4.31 Å². The highest BCUT2D eigenvalue weighted by Gasteiger charge is 2.25. The van der Waals surface area contributed by atoms with Gasteiger partial charge in [0.15, 0.2) is 11.5 Å². The summed E-state index contributed by atoms with van der Waals surface area (Å²) >= 11 is 0. The van der Waals surface area contributed by atoms with Crippen molar-refractivity contribution < 1.29 is 27.4 Å². The molecule has 0 fully saturated rings. The number of methoxy groups -OCH3 is 1. The Labute approximate surface area is 158 Å². The lowest BCUT2D eigenvalue weighted by Crippen LogP contribution is -2.37. The Hall–Kier alpha value is -2.58. The number of fused-ring (bicyclic) bond motifs is 1. The summed E-state index contributed by atoms with van der Waals surface area (Å²) in [5, 5.41) is 0. The van der Waals surface area contributed by atoms with Gasteiger partial charge in [-0.15, -0.1) is 0 Å². The zero-order valence-electron chi connectivity index (χ0n) is 15.2. The molecule has 1 aliphatic rings. The Bertz CT molecular complexity index is 924. The van der Waals surface area contributed by atoms with E-state index in [-0.39, 0.29) is 31.2 Å². The molecular formula is C19H21NO6S. The molecule has 2 aromatic rings. The number of hydrogen-bond donors (Lipinski definition) is 0. The van der Waals surface area contributed by atoms with E-state index < -0.39 is 16.0 Å². The third-order valence-electron chi connectivity index (χ3n) is 4.22. The van der Waals surface area contributed by atoms with Crippen molar-refractivity contribution >= 4 is 16.0 Å². The van der Waals surface area contributed by atoms with E-state index in [0.717, 1.165) is 5.56 Å². The van der Waals surface area contributed by atoms with Crippen molar-refractivity contribution in [2.24, 2.45) is 0 Å². The quantitative estimate of drug-likeness (QED) is 0.747. The summed E-state index contributed by atoms with van der Waals surface area (Å²) in [6.07, 6.45) is 0. The lowest BCUT2D eigenvalue weighted by Gasteiger charge is -2.21. The molecule has 0 bridgehead atoms. The third-order valence-corrected chi connectivity index (χ3v) is 6.13. The first kappa shape index (κ1) is 19.2. The monoisotopic (exact) mass is 391 g/mol. The van der Waals surface area contributed by atoms with E-state index in [1.54, 1.807) is 36.4 Å². The summed E-state index contributed by atoms with van der Waals surface area (Å²) in [7, 11) is -2.35. The first-order valence-electron chi connectivity index (χ1n) is 8.46. The molecule has 144 valence electrons. The fraction of sp³-hybridized carbons (Fsp3) is 0.316. The molecule has 2 aromatic carbocycles. The first-order valence-corrected chi connectivity index (χ1v) is 9.90. The van der Waals surface area contributed by atoms with E-state index >= 15 is 0 Å². The van der Waals surface area contributed by atoms with Gasteiger partial charge in [0.25, 0.3) is 0 Å². The fourth-order valence-corrected chi connectivity index (χ4v) is 4.12. The Kier molecular flexibility index (Phi) is 5.67. The van der Waals surface area contributed by atoms with Crippen LogP contribution in [0.3, 0.4) is 0 Å². The van der Waals surface area contributed by atoms with Gasteiger partial charge in [-0.3, -0.25) is 0 Å². The fourth-order valence-electron chi connectivity index (χ4n) is 2.71. The maximum absolute atomic E-state index is 12.9. The molecule has 0 N–H and O–H groups in total. The predicted molar refractivity (Wildman–Crippen MR) is 98.7 cm³/mol. The molecule has 0 unspecified atom stereocenters. The van der Waals surface area contributed by atoms with Crippen LogP contribution in [0.2, 0.25) is 0 Å². The molecule has 0 atom stereocenters. The van der Waals surface area contributed by atoms with Crippen LogP contribution < -0.4 is 9.47 Å². The lowest BCUT2D eigenvalue weighted by atomic mass is 10.2. The SMILES string of the molecule is COC(=O)c1ccc2c(c1)OCCN(S(=O)(=O)c1ccc(C)cc1)CCO2. The molecular weight excluding hydrogens is 370 g/mol. The minimum absolute atomic E-state index is 0.131. The summed E-state index contributed by atoms with van der Waals surface area (Å²) in [4.78, 5) is 11.9. The molecule has 0 spiro atoms. The zero-order chi connectivity index (χ0) is 19.4. The number of hydrogen-bond acceptors (Lipinski definition) is 6. The number of carbonyl (C=O) groups is 1. The number of benzene rings is 2. The second-order valence-electron chi connectivity index (χ2n) is 6.07. The highest BCUT2D eigenvalue weighted by Crippen LogP contribution is 2.30. The minimum atomic E-state index is -3.65. The molecule has 1 heterocycles. The highest BCUT2D eigenvalue weighted by atomic mass is 32.2. The van der Waals surface area contributed by atoms with E-state index in [9.17, 15) is 13.2 Å². The first-order chi connectivity index (χ1) is 12.9. The standard InChI is InChI=1S/C19H21NO6S/c1-14-3-6-16(7-4-14)27(22,23)20-9-11-25-17-8-5-15(19(21)24-2)13-18(17)26-12-10-20/h3-8,13H,9-12H2,1-2H3. The average molecular weight is 391 g/mol. The van der Waals surface area contributed by atoms with E-state index in [2.05, 4.69) is 0 Å². The highest BCUT2D eigenvalue weighted by molar-refractivity contribution is 7.89. The summed E-state index contributed by atoms with van der Waals surface area (Å²) in [5.74, 6) is 0.356. The molecule has 8 heteroatoms. The topological polar surface area (TPSA) is 82.1 Å². The molecule has 0 aromatic heterocycles. The zero-order valence-corrected chi connectivity index (χ0v) is 16.0. The summed E-state index contributed by atoms with van der Waals surface area (Å²) in [5.41, 5.74) is 1.32. The number of carbonyl (C=O) groups excluding carboxylic acids is 1. The van der Waals surface area contributed by atoms with Gasteiger partial charge >= 0.3 is 5.97 Å². The summed E-state index contributed by atoms with van der Waals surface area (Å²) < 4.78 is 43.2. The lowest BCUT2D eigenvalue weighted by molar-refractivity contribution is 0.0600. The van der Waals surface area contributed by atoms with Crippen molar-refractivity contribution in [3.63, 3.8) is 0 Å². The van der Waals surface area contributed by atoms with Gasteiger partial charge in [0, 0.05) is 13.1 Å². The Balaban J connectivity index is 1.79. The van der Waals surface area contributed by atoms with Gasteiger partial charge < -0.3 is 14.2 Å². The Morgan fingerprint density at radius 3 is 2.26 bits per heavy atom. The van der Waals surface area contributed by atoms with Crippen molar-refractivity contribution in [2.75, 3.05) is 33.4 Å². The molecule has 1 aliphatic heterocycles. The second kappa shape index (κ2) is 7.98. The van der Waals surface area contributed by atoms with Gasteiger partial charge in [0.2, 0.25) is 10.0 Å². The van der Waals surface area contributed by atoms with Crippen LogP contribution in [0, 0.1) is 6.92 Å². The van der Waals surface area contributed by atoms with Crippen LogP contribution in [-0.2, 0) is 14.8 Å². The summed E-state index contributed by atoms with van der Waals surface area (Å²) in [6.45, 7) is 2.56. The predicted octanol–water partition coefficient (Wildman–Crippen LogP) is 2.24. The van der Waals surface area contributed by atoms with Crippen molar-refractivity contribution in [2.45, 2.75) is 11.8 Å². The smallest absolute Gasteiger partial charge is 0.337 e. The number of rotatable bonds is 3. The molecule has 0 amide bonds. The normalized spacial score (nSPS) is 15.3. The van der Waals surface area contributed by atoms with E-state index in [1.807, 2.05) is 6.92 Å². The van der Waals surface area contributed by atoms with Gasteiger partial charge in [0.05, 0.1) is 17.6 Å². The van der Waals surface area contributed by atoms with Crippen LogP contribution >= 0.6 is 0 Å². The Morgan fingerprint density at radius 2 is 1.63 bits per heavy atom. The molecule has 0 aliphatic carbocycles. The number of ether oxygens (including phenoxy) is 3. The second-order valence-corrected chi connectivity index (χ2v) is 8.01.